The van der Waals surface area contributed by atoms with Gasteiger partial charge in [0.1, 0.15) is 5.92 Å². The molecule has 28 heavy (non-hydrogen) atoms. The first kappa shape index (κ1) is 21.9. The van der Waals surface area contributed by atoms with Crippen LogP contribution < -0.4 is 0 Å². The van der Waals surface area contributed by atoms with Gasteiger partial charge in [-0.15, -0.1) is 19.6 Å². The third-order valence-electron chi connectivity index (χ3n) is 4.60. The number of rotatable bonds is 8. The Morgan fingerprint density at radius 1 is 1.29 bits per heavy atom. The van der Waals surface area contributed by atoms with E-state index in [4.69, 9.17) is 15.9 Å². The minimum atomic E-state index is -4.00. The Balaban J connectivity index is 2.57. The maximum absolute atomic E-state index is 13.4. The molecule has 6 nitrogen and oxygen atoms in total. The molecule has 1 aromatic carbocycles. The van der Waals surface area contributed by atoms with Crippen LogP contribution in [0.25, 0.3) is 0 Å². The molecule has 1 aliphatic rings. The fourth-order valence-electron chi connectivity index (χ4n) is 3.28. The number of carbonyl (C=O) groups excluding carboxylic acids is 1. The van der Waals surface area contributed by atoms with Gasteiger partial charge in [-0.25, -0.2) is 8.42 Å². The lowest BCUT2D eigenvalue weighted by atomic mass is 9.93. The van der Waals surface area contributed by atoms with Gasteiger partial charge >= 0.3 is 5.97 Å². The van der Waals surface area contributed by atoms with Gasteiger partial charge in [0, 0.05) is 0 Å². The van der Waals surface area contributed by atoms with Crippen LogP contribution in [0.3, 0.4) is 0 Å². The number of aryl methyl sites for hydroxylation is 1. The van der Waals surface area contributed by atoms with E-state index >= 15 is 0 Å². The molecule has 2 rings (SSSR count). The first-order chi connectivity index (χ1) is 13.3. The van der Waals surface area contributed by atoms with Crippen molar-refractivity contribution in [3.63, 3.8) is 0 Å². The summed E-state index contributed by atoms with van der Waals surface area (Å²) in [7, 11) is -4.00. The zero-order valence-electron chi connectivity index (χ0n) is 16.1. The molecule has 0 radical (unpaired) electrons. The van der Waals surface area contributed by atoms with E-state index in [1.54, 1.807) is 19.1 Å². The summed E-state index contributed by atoms with van der Waals surface area (Å²) in [5.74, 6) is 0.905. The van der Waals surface area contributed by atoms with Crippen molar-refractivity contribution in [2.45, 2.75) is 37.0 Å². The van der Waals surface area contributed by atoms with Crippen molar-refractivity contribution < 1.29 is 22.7 Å². The molecule has 1 aliphatic heterocycles. The molecular formula is C21H25NO5S. The smallest absolute Gasteiger partial charge is 0.313 e. The fourth-order valence-corrected chi connectivity index (χ4v) is 4.85. The Morgan fingerprint density at radius 3 is 2.39 bits per heavy atom. The van der Waals surface area contributed by atoms with Crippen molar-refractivity contribution in [1.82, 2.24) is 4.31 Å². The molecule has 7 heteroatoms. The van der Waals surface area contributed by atoms with Gasteiger partial charge in [-0.05, 0) is 26.0 Å². The predicted octanol–water partition coefficient (Wildman–Crippen LogP) is 2.31. The van der Waals surface area contributed by atoms with Crippen LogP contribution in [0, 0.1) is 25.2 Å². The summed E-state index contributed by atoms with van der Waals surface area (Å²) in [6, 6.07) is 5.52. The van der Waals surface area contributed by atoms with Crippen molar-refractivity contribution in [2.75, 3.05) is 13.2 Å². The molecule has 0 N–H and O–H groups in total. The van der Waals surface area contributed by atoms with Crippen molar-refractivity contribution in [3.8, 4) is 12.3 Å². The largest absolute Gasteiger partial charge is 0.466 e. The lowest BCUT2D eigenvalue weighted by Gasteiger charge is -2.31. The molecule has 1 saturated heterocycles. The number of esters is 1. The van der Waals surface area contributed by atoms with Gasteiger partial charge in [-0.1, -0.05) is 35.8 Å². The SMILES string of the molecule is C#CCN([C@@H]1[C@@H](C(=O)OCC)[C@@H](C=C)O[C@H]1C=C)S(=O)(=O)c1ccc(C)cc1. The average Bonchev–Trinajstić information content (AvgIpc) is 3.04. The summed E-state index contributed by atoms with van der Waals surface area (Å²) in [4.78, 5) is 12.7. The summed E-state index contributed by atoms with van der Waals surface area (Å²) in [6.07, 6.45) is 6.93. The monoisotopic (exact) mass is 403 g/mol. The molecule has 150 valence electrons. The van der Waals surface area contributed by atoms with Crippen molar-refractivity contribution in [2.24, 2.45) is 5.92 Å². The second-order valence-electron chi connectivity index (χ2n) is 6.37. The second kappa shape index (κ2) is 9.20. The number of ether oxygens (including phenoxy) is 2. The van der Waals surface area contributed by atoms with Crippen molar-refractivity contribution in [3.05, 3.63) is 55.1 Å². The number of benzene rings is 1. The van der Waals surface area contributed by atoms with E-state index in [0.29, 0.717) is 0 Å². The highest BCUT2D eigenvalue weighted by Gasteiger charge is 2.52. The molecule has 1 fully saturated rings. The van der Waals surface area contributed by atoms with Gasteiger partial charge in [-0.3, -0.25) is 4.79 Å². The molecular weight excluding hydrogens is 378 g/mol. The third-order valence-corrected chi connectivity index (χ3v) is 6.46. The quantitative estimate of drug-likeness (QED) is 0.378. The van der Waals surface area contributed by atoms with Gasteiger partial charge in [0.05, 0.1) is 36.3 Å². The summed E-state index contributed by atoms with van der Waals surface area (Å²) in [5, 5.41) is 0. The van der Waals surface area contributed by atoms with E-state index in [-0.39, 0.29) is 18.0 Å². The normalized spacial score (nSPS) is 24.5. The fraction of sp³-hybridized carbons (Fsp3) is 0.381. The number of hydrogen-bond donors (Lipinski definition) is 0. The number of sulfonamides is 1. The van der Waals surface area contributed by atoms with Crippen LogP contribution >= 0.6 is 0 Å². The lowest BCUT2D eigenvalue weighted by molar-refractivity contribution is -0.150. The molecule has 0 amide bonds. The van der Waals surface area contributed by atoms with Crippen LogP contribution in [-0.4, -0.2) is 50.1 Å². The van der Waals surface area contributed by atoms with E-state index < -0.39 is 40.2 Å². The summed E-state index contributed by atoms with van der Waals surface area (Å²) in [5.41, 5.74) is 0.923. The van der Waals surface area contributed by atoms with Gasteiger partial charge < -0.3 is 9.47 Å². The standard InChI is InChI=1S/C21H25NO5S/c1-6-14-22(28(24,25)16-12-10-15(5)11-13-16)20-18(8-3)27-17(7-2)19(20)21(23)26-9-4/h1,7-8,10-13,17-20H,2-3,9,14H2,4-5H3/t17-,18+,19+,20+/m1/s1. The summed E-state index contributed by atoms with van der Waals surface area (Å²) < 4.78 is 38.8. The molecule has 1 heterocycles. The number of carbonyl (C=O) groups is 1. The van der Waals surface area contributed by atoms with E-state index in [9.17, 15) is 13.2 Å². The van der Waals surface area contributed by atoms with Crippen LogP contribution in [-0.2, 0) is 24.3 Å². The Hall–Kier alpha value is -2.40. The zero-order valence-corrected chi connectivity index (χ0v) is 16.9. The molecule has 0 unspecified atom stereocenters. The predicted molar refractivity (Wildman–Crippen MR) is 107 cm³/mol. The van der Waals surface area contributed by atoms with E-state index in [2.05, 4.69) is 19.1 Å². The van der Waals surface area contributed by atoms with Gasteiger partial charge in [0.15, 0.2) is 0 Å². The number of hydrogen-bond acceptors (Lipinski definition) is 5. The van der Waals surface area contributed by atoms with E-state index in [0.717, 1.165) is 9.87 Å². The number of nitrogens with zero attached hydrogens (tertiary/aromatic N) is 1. The maximum Gasteiger partial charge on any atom is 0.313 e. The highest BCUT2D eigenvalue weighted by Crippen LogP contribution is 2.36. The van der Waals surface area contributed by atoms with Crippen LogP contribution in [0.2, 0.25) is 0 Å². The van der Waals surface area contributed by atoms with E-state index in [1.807, 2.05) is 6.92 Å². The zero-order chi connectivity index (χ0) is 20.9. The van der Waals surface area contributed by atoms with Gasteiger partial charge in [0.2, 0.25) is 10.0 Å². The van der Waals surface area contributed by atoms with Crippen LogP contribution in [0.4, 0.5) is 0 Å². The third kappa shape index (κ3) is 4.20. The highest BCUT2D eigenvalue weighted by molar-refractivity contribution is 7.89. The average molecular weight is 404 g/mol. The molecule has 0 aliphatic carbocycles. The second-order valence-corrected chi connectivity index (χ2v) is 8.26. The minimum absolute atomic E-state index is 0.0841. The van der Waals surface area contributed by atoms with Crippen LogP contribution in [0.15, 0.2) is 54.5 Å². The molecule has 1 aromatic rings. The number of terminal acetylenes is 1. The summed E-state index contributed by atoms with van der Waals surface area (Å²) in [6.45, 7) is 10.9. The lowest BCUT2D eigenvalue weighted by Crippen LogP contribution is -2.50. The van der Waals surface area contributed by atoms with Crippen molar-refractivity contribution in [1.29, 1.82) is 0 Å². The highest BCUT2D eigenvalue weighted by atomic mass is 32.2. The molecule has 4 atom stereocenters. The first-order valence-corrected chi connectivity index (χ1v) is 10.3. The molecule has 0 spiro atoms. The molecule has 0 aromatic heterocycles. The Bertz CT molecular complexity index is 869. The Kier molecular flexibility index (Phi) is 7.19. The first-order valence-electron chi connectivity index (χ1n) is 8.91. The topological polar surface area (TPSA) is 72.9 Å². The van der Waals surface area contributed by atoms with Crippen molar-refractivity contribution >= 4 is 16.0 Å². The Morgan fingerprint density at radius 2 is 1.89 bits per heavy atom. The molecule has 0 bridgehead atoms. The van der Waals surface area contributed by atoms with Gasteiger partial charge in [-0.2, -0.15) is 4.31 Å². The minimum Gasteiger partial charge on any atom is -0.466 e. The summed E-state index contributed by atoms with van der Waals surface area (Å²) >= 11 is 0. The molecule has 0 saturated carbocycles. The Labute approximate surface area is 166 Å². The van der Waals surface area contributed by atoms with Crippen LogP contribution in [0.5, 0.6) is 0 Å². The van der Waals surface area contributed by atoms with Gasteiger partial charge in [0.25, 0.3) is 0 Å². The maximum atomic E-state index is 13.4. The van der Waals surface area contributed by atoms with E-state index in [1.165, 1.54) is 24.3 Å². The van der Waals surface area contributed by atoms with Crippen LogP contribution in [0.1, 0.15) is 12.5 Å².